The summed E-state index contributed by atoms with van der Waals surface area (Å²) < 4.78 is 11.0. The molecule has 2 N–H and O–H groups in total. The lowest BCUT2D eigenvalue weighted by molar-refractivity contribution is -0.151. The molecular weight excluding hydrogens is 456 g/mol. The molecule has 0 radical (unpaired) electrons. The maximum atomic E-state index is 12.7. The quantitative estimate of drug-likeness (QED) is 0.208. The van der Waals surface area contributed by atoms with Gasteiger partial charge in [-0.05, 0) is 51.0 Å². The summed E-state index contributed by atoms with van der Waals surface area (Å²) in [6.45, 7) is 3.92. The van der Waals surface area contributed by atoms with Gasteiger partial charge in [-0.1, -0.05) is 82.2 Å². The molecule has 1 fully saturated rings. The molecular formula is C29H46N2O5. The number of esters is 1. The first-order chi connectivity index (χ1) is 17.5. The van der Waals surface area contributed by atoms with Crippen LogP contribution in [0.25, 0.3) is 0 Å². The van der Waals surface area contributed by atoms with Crippen molar-refractivity contribution < 1.29 is 23.9 Å². The average molecular weight is 503 g/mol. The molecule has 0 aromatic heterocycles. The summed E-state index contributed by atoms with van der Waals surface area (Å²) in [6, 6.07) is 8.87. The molecule has 36 heavy (non-hydrogen) atoms. The van der Waals surface area contributed by atoms with E-state index in [4.69, 9.17) is 9.47 Å². The largest absolute Gasteiger partial charge is 0.461 e. The first-order valence-corrected chi connectivity index (χ1v) is 13.9. The van der Waals surface area contributed by atoms with E-state index in [2.05, 4.69) is 17.6 Å². The summed E-state index contributed by atoms with van der Waals surface area (Å²) in [7, 11) is 0. The smallest absolute Gasteiger partial charge is 0.408 e. The van der Waals surface area contributed by atoms with Crippen LogP contribution in [0.3, 0.4) is 0 Å². The highest BCUT2D eigenvalue weighted by atomic mass is 16.6. The van der Waals surface area contributed by atoms with Crippen LogP contribution in [0.4, 0.5) is 4.79 Å². The summed E-state index contributed by atoms with van der Waals surface area (Å²) in [5.74, 6) is -0.386. The van der Waals surface area contributed by atoms with Gasteiger partial charge >= 0.3 is 12.1 Å². The summed E-state index contributed by atoms with van der Waals surface area (Å²) in [6.07, 6.45) is 13.0. The summed E-state index contributed by atoms with van der Waals surface area (Å²) >= 11 is 0. The van der Waals surface area contributed by atoms with Gasteiger partial charge in [0.05, 0.1) is 0 Å². The summed E-state index contributed by atoms with van der Waals surface area (Å²) in [5, 5.41) is 5.71. The van der Waals surface area contributed by atoms with Crippen LogP contribution in [0.2, 0.25) is 0 Å². The molecule has 1 saturated carbocycles. The molecule has 0 spiro atoms. The zero-order valence-electron chi connectivity index (χ0n) is 22.3. The zero-order chi connectivity index (χ0) is 26.0. The van der Waals surface area contributed by atoms with Crippen molar-refractivity contribution in [2.45, 2.75) is 129 Å². The molecule has 1 unspecified atom stereocenters. The van der Waals surface area contributed by atoms with E-state index in [1.165, 1.54) is 38.5 Å². The molecule has 2 rings (SSSR count). The monoisotopic (exact) mass is 502 g/mol. The number of ether oxygens (including phenoxy) is 2. The second-order valence-electron chi connectivity index (χ2n) is 9.98. The Morgan fingerprint density at radius 3 is 2.36 bits per heavy atom. The zero-order valence-corrected chi connectivity index (χ0v) is 22.3. The number of amides is 2. The van der Waals surface area contributed by atoms with E-state index >= 15 is 0 Å². The minimum absolute atomic E-state index is 0.0890. The molecule has 0 aliphatic heterocycles. The number of nitrogens with one attached hydrogen (secondary N) is 2. The lowest BCUT2D eigenvalue weighted by Crippen LogP contribution is -2.41. The first-order valence-electron chi connectivity index (χ1n) is 13.9. The SMILES string of the molecule is CCCCCCCC(CCCC(=O)NC1CCCCC1)OC(=O)[C@H](C)NC(=O)OCc1ccccc1. The molecule has 1 aliphatic carbocycles. The fourth-order valence-corrected chi connectivity index (χ4v) is 4.54. The van der Waals surface area contributed by atoms with Crippen LogP contribution >= 0.6 is 0 Å². The number of rotatable bonds is 16. The van der Waals surface area contributed by atoms with E-state index in [0.717, 1.165) is 37.7 Å². The lowest BCUT2D eigenvalue weighted by atomic mass is 9.95. The average Bonchev–Trinajstić information content (AvgIpc) is 2.88. The molecule has 0 bridgehead atoms. The minimum atomic E-state index is -0.814. The van der Waals surface area contributed by atoms with Gasteiger partial charge in [0, 0.05) is 12.5 Å². The van der Waals surface area contributed by atoms with Crippen LogP contribution in [-0.2, 0) is 25.7 Å². The van der Waals surface area contributed by atoms with Gasteiger partial charge in [0.15, 0.2) is 0 Å². The van der Waals surface area contributed by atoms with E-state index < -0.39 is 18.1 Å². The molecule has 7 nitrogen and oxygen atoms in total. The second kappa shape index (κ2) is 17.8. The number of hydrogen-bond donors (Lipinski definition) is 2. The molecule has 0 heterocycles. The van der Waals surface area contributed by atoms with Crippen molar-refractivity contribution in [2.75, 3.05) is 0 Å². The Bertz CT molecular complexity index is 764. The number of hydrogen-bond acceptors (Lipinski definition) is 5. The molecule has 202 valence electrons. The number of carbonyl (C=O) groups is 3. The van der Waals surface area contributed by atoms with Gasteiger partial charge in [-0.25, -0.2) is 9.59 Å². The first kappa shape index (κ1) is 29.7. The predicted octanol–water partition coefficient (Wildman–Crippen LogP) is 6.19. The van der Waals surface area contributed by atoms with Gasteiger partial charge in [0.2, 0.25) is 5.91 Å². The van der Waals surface area contributed by atoms with Crippen LogP contribution < -0.4 is 10.6 Å². The minimum Gasteiger partial charge on any atom is -0.461 e. The number of unbranched alkanes of at least 4 members (excludes halogenated alkanes) is 4. The topological polar surface area (TPSA) is 93.7 Å². The van der Waals surface area contributed by atoms with E-state index in [-0.39, 0.29) is 18.6 Å². The maximum absolute atomic E-state index is 12.7. The van der Waals surface area contributed by atoms with Crippen LogP contribution in [0.15, 0.2) is 30.3 Å². The van der Waals surface area contributed by atoms with Crippen molar-refractivity contribution in [2.24, 2.45) is 0 Å². The summed E-state index contributed by atoms with van der Waals surface area (Å²) in [4.78, 5) is 37.2. The molecule has 2 amide bonds. The Hall–Kier alpha value is -2.57. The fraction of sp³-hybridized carbons (Fsp3) is 0.690. The van der Waals surface area contributed by atoms with Gasteiger partial charge in [-0.15, -0.1) is 0 Å². The number of benzene rings is 1. The van der Waals surface area contributed by atoms with E-state index in [1.807, 2.05) is 30.3 Å². The second-order valence-corrected chi connectivity index (χ2v) is 9.98. The van der Waals surface area contributed by atoms with E-state index in [9.17, 15) is 14.4 Å². The van der Waals surface area contributed by atoms with Crippen LogP contribution in [-0.4, -0.2) is 36.2 Å². The molecule has 1 aromatic rings. The van der Waals surface area contributed by atoms with Gasteiger partial charge in [0.1, 0.15) is 18.8 Å². The Morgan fingerprint density at radius 1 is 0.944 bits per heavy atom. The predicted molar refractivity (Wildman–Crippen MR) is 141 cm³/mol. The lowest BCUT2D eigenvalue weighted by Gasteiger charge is -2.23. The molecule has 0 saturated heterocycles. The van der Waals surface area contributed by atoms with Crippen molar-refractivity contribution in [1.29, 1.82) is 0 Å². The van der Waals surface area contributed by atoms with Crippen LogP contribution in [0, 0.1) is 0 Å². The third kappa shape index (κ3) is 12.9. The van der Waals surface area contributed by atoms with Crippen molar-refractivity contribution in [3.05, 3.63) is 35.9 Å². The Kier molecular flexibility index (Phi) is 14.7. The fourth-order valence-electron chi connectivity index (χ4n) is 4.54. The molecule has 1 aliphatic rings. The normalized spacial score (nSPS) is 15.5. The maximum Gasteiger partial charge on any atom is 0.408 e. The molecule has 1 aromatic carbocycles. The van der Waals surface area contributed by atoms with E-state index in [1.54, 1.807) is 6.92 Å². The van der Waals surface area contributed by atoms with Gasteiger partial charge in [-0.3, -0.25) is 4.79 Å². The van der Waals surface area contributed by atoms with Crippen LogP contribution in [0.5, 0.6) is 0 Å². The van der Waals surface area contributed by atoms with Crippen LogP contribution in [0.1, 0.15) is 109 Å². The van der Waals surface area contributed by atoms with Crippen molar-refractivity contribution in [1.82, 2.24) is 10.6 Å². The highest BCUT2D eigenvalue weighted by Crippen LogP contribution is 2.19. The molecule has 2 atom stereocenters. The van der Waals surface area contributed by atoms with E-state index in [0.29, 0.717) is 25.3 Å². The third-order valence-electron chi connectivity index (χ3n) is 6.71. The van der Waals surface area contributed by atoms with Gasteiger partial charge < -0.3 is 20.1 Å². The van der Waals surface area contributed by atoms with Gasteiger partial charge in [-0.2, -0.15) is 0 Å². The number of carbonyl (C=O) groups excluding carboxylic acids is 3. The third-order valence-corrected chi connectivity index (χ3v) is 6.71. The highest BCUT2D eigenvalue weighted by Gasteiger charge is 2.22. The van der Waals surface area contributed by atoms with Crippen molar-refractivity contribution in [3.8, 4) is 0 Å². The Balaban J connectivity index is 1.75. The standard InChI is InChI=1S/C29H46N2O5/c1-3-4-5-6-13-19-26(20-14-21-27(32)31-25-17-11-8-12-18-25)36-28(33)23(2)30-29(34)35-22-24-15-9-7-10-16-24/h7,9-10,15-16,23,25-26H,3-6,8,11-14,17-22H2,1-2H3,(H,30,34)(H,31,32)/t23-,26?/m0/s1. The molecule has 7 heteroatoms. The Labute approximate surface area is 217 Å². The highest BCUT2D eigenvalue weighted by molar-refractivity contribution is 5.81. The summed E-state index contributed by atoms with van der Waals surface area (Å²) in [5.41, 5.74) is 0.874. The van der Waals surface area contributed by atoms with Crippen molar-refractivity contribution >= 4 is 18.0 Å². The van der Waals surface area contributed by atoms with Crippen molar-refractivity contribution in [3.63, 3.8) is 0 Å². The van der Waals surface area contributed by atoms with Gasteiger partial charge in [0.25, 0.3) is 0 Å². The number of alkyl carbamates (subject to hydrolysis) is 1. The Morgan fingerprint density at radius 2 is 1.64 bits per heavy atom.